The molecule has 3 fully saturated rings. The van der Waals surface area contributed by atoms with Crippen LogP contribution < -0.4 is 9.47 Å². The summed E-state index contributed by atoms with van der Waals surface area (Å²) in [6.07, 6.45) is 1.50. The fourth-order valence-corrected chi connectivity index (χ4v) is 9.81. The first kappa shape index (κ1) is 44.4. The molecule has 8 atom stereocenters. The highest BCUT2D eigenvalue weighted by molar-refractivity contribution is 6.01. The van der Waals surface area contributed by atoms with E-state index in [0.29, 0.717) is 12.0 Å². The van der Waals surface area contributed by atoms with Gasteiger partial charge in [-0.1, -0.05) is 25.5 Å². The zero-order valence-electron chi connectivity index (χ0n) is 33.0. The van der Waals surface area contributed by atoms with Crippen LogP contribution in [0.2, 0.25) is 0 Å². The maximum absolute atomic E-state index is 17.8. The van der Waals surface area contributed by atoms with E-state index in [0.717, 1.165) is 0 Å². The molecule has 20 heteroatoms. The fourth-order valence-electron chi connectivity index (χ4n) is 9.81. The van der Waals surface area contributed by atoms with Gasteiger partial charge in [-0.15, -0.1) is 20.2 Å². The number of esters is 2. The summed E-state index contributed by atoms with van der Waals surface area (Å²) in [6.45, 7) is 3.29. The van der Waals surface area contributed by atoms with Crippen LogP contribution in [0.1, 0.15) is 82.5 Å². The number of carbonyl (C=O) groups is 5. The molecule has 0 aliphatic heterocycles. The second kappa shape index (κ2) is 17.7. The lowest BCUT2D eigenvalue weighted by molar-refractivity contribution is -0.757. The Labute approximate surface area is 337 Å². The van der Waals surface area contributed by atoms with Crippen LogP contribution in [-0.4, -0.2) is 95.9 Å². The second-order valence-electron chi connectivity index (χ2n) is 15.6. The van der Waals surface area contributed by atoms with Gasteiger partial charge in [0.1, 0.15) is 0 Å². The molecule has 3 saturated carbocycles. The van der Waals surface area contributed by atoms with Crippen LogP contribution in [0.4, 0.5) is 9.18 Å². The van der Waals surface area contributed by atoms with Gasteiger partial charge in [0.15, 0.2) is 35.2 Å². The maximum Gasteiger partial charge on any atom is 0.514 e. The number of allylic oxidation sites excluding steroid dienone is 4. The number of Topliss-reactive ketones (excluding diaryl/α,β-unsaturated/α-hetero) is 1. The molecule has 19 nitrogen and oxygen atoms in total. The third-order valence-corrected chi connectivity index (χ3v) is 12.5. The van der Waals surface area contributed by atoms with Crippen molar-refractivity contribution in [2.24, 2.45) is 28.6 Å². The topological polar surface area (TPSA) is 256 Å². The van der Waals surface area contributed by atoms with E-state index >= 15 is 4.39 Å². The van der Waals surface area contributed by atoms with Gasteiger partial charge >= 0.3 is 18.1 Å². The highest BCUT2D eigenvalue weighted by Crippen LogP contribution is 2.71. The minimum atomic E-state index is -2.26. The number of ether oxygens (including phenoxy) is 5. The van der Waals surface area contributed by atoms with Crippen LogP contribution in [0.5, 0.6) is 11.5 Å². The van der Waals surface area contributed by atoms with Gasteiger partial charge in [-0.05, 0) is 88.1 Å². The lowest BCUT2D eigenvalue weighted by atomic mass is 9.44. The van der Waals surface area contributed by atoms with Crippen molar-refractivity contribution in [3.63, 3.8) is 0 Å². The molecule has 0 spiro atoms. The third kappa shape index (κ3) is 8.44. The van der Waals surface area contributed by atoms with Gasteiger partial charge in [-0.25, -0.2) is 14.0 Å². The van der Waals surface area contributed by atoms with E-state index < -0.39 is 99.6 Å². The van der Waals surface area contributed by atoms with Crippen molar-refractivity contribution >= 4 is 29.7 Å². The molecule has 0 heterocycles. The smallest absolute Gasteiger partial charge is 0.493 e. The molecule has 0 bridgehead atoms. The molecule has 322 valence electrons. The van der Waals surface area contributed by atoms with Crippen LogP contribution in [-0.2, 0) is 38.3 Å². The molecule has 0 aromatic heterocycles. The zero-order valence-corrected chi connectivity index (χ0v) is 33.0. The zero-order chi connectivity index (χ0) is 43.3. The predicted molar refractivity (Wildman–Crippen MR) is 196 cm³/mol. The van der Waals surface area contributed by atoms with Crippen LogP contribution in [0, 0.1) is 48.8 Å². The number of methoxy groups -OCH3 is 1. The molecule has 5 rings (SSSR count). The van der Waals surface area contributed by atoms with Crippen molar-refractivity contribution in [1.82, 2.24) is 0 Å². The number of rotatable bonds is 18. The molecule has 0 saturated heterocycles. The monoisotopic (exact) mass is 834 g/mol. The first-order valence-corrected chi connectivity index (χ1v) is 19.1. The number of hydrogen-bond donors (Lipinski definition) is 1. The number of nitrogens with zero attached hydrogens (tertiary/aromatic N) is 2. The first-order chi connectivity index (χ1) is 27.8. The number of benzene rings is 1. The van der Waals surface area contributed by atoms with Crippen molar-refractivity contribution < 1.29 is 77.0 Å². The van der Waals surface area contributed by atoms with Gasteiger partial charge < -0.3 is 38.5 Å². The van der Waals surface area contributed by atoms with Crippen molar-refractivity contribution in [1.29, 1.82) is 0 Å². The molecule has 0 amide bonds. The quantitative estimate of drug-likeness (QED) is 0.0519. The summed E-state index contributed by atoms with van der Waals surface area (Å²) in [6, 6.07) is 3.71. The van der Waals surface area contributed by atoms with E-state index in [9.17, 15) is 49.3 Å². The number of aliphatic hydroxyl groups is 1. The van der Waals surface area contributed by atoms with E-state index in [1.54, 1.807) is 20.8 Å². The Morgan fingerprint density at radius 2 is 1.64 bits per heavy atom. The molecule has 4 aliphatic rings. The second-order valence-corrected chi connectivity index (χ2v) is 15.6. The number of fused-ring (bicyclic) bond motifs is 5. The largest absolute Gasteiger partial charge is 0.514 e. The number of hydrogen-bond acceptors (Lipinski definition) is 17. The third-order valence-electron chi connectivity index (χ3n) is 12.5. The minimum absolute atomic E-state index is 0.0187. The number of halogens is 1. The molecule has 1 N–H and O–H groups in total. The Hall–Kier alpha value is -5.66. The molecular weight excluding hydrogens is 787 g/mol. The summed E-state index contributed by atoms with van der Waals surface area (Å²) >= 11 is 0. The SMILES string of the molecule is COc1cc(C(=O)OCCCCO[N+](=O)[O-])ccc1OC(=O)OCC(=O)[C@@]1(OC(=O)CCCO[N+](=O)[O-])[C@H](C)CC2C3CCC4=CC(=O)C=C[C@]4(C)[C@@]3(F)[C@@H](O)C[C@@]21C. The van der Waals surface area contributed by atoms with Gasteiger partial charge in [-0.2, -0.15) is 0 Å². The molecule has 59 heavy (non-hydrogen) atoms. The highest BCUT2D eigenvalue weighted by atomic mass is 19.1. The van der Waals surface area contributed by atoms with Crippen molar-refractivity contribution in [2.75, 3.05) is 33.5 Å². The normalized spacial score (nSPS) is 30.3. The Morgan fingerprint density at radius 1 is 0.966 bits per heavy atom. The van der Waals surface area contributed by atoms with E-state index in [1.807, 2.05) is 0 Å². The number of ketones is 2. The lowest BCUT2D eigenvalue weighted by Crippen LogP contribution is -2.70. The van der Waals surface area contributed by atoms with Gasteiger partial charge in [-0.3, -0.25) is 14.4 Å². The van der Waals surface area contributed by atoms with Gasteiger partial charge in [0.2, 0.25) is 5.78 Å². The van der Waals surface area contributed by atoms with E-state index in [4.69, 9.17) is 23.7 Å². The number of aliphatic hydroxyl groups excluding tert-OH is 1. The maximum atomic E-state index is 17.8. The minimum Gasteiger partial charge on any atom is -0.493 e. The van der Waals surface area contributed by atoms with E-state index in [-0.39, 0.29) is 74.6 Å². The van der Waals surface area contributed by atoms with Crippen LogP contribution >= 0.6 is 0 Å². The molecule has 1 aromatic carbocycles. The van der Waals surface area contributed by atoms with Crippen LogP contribution in [0.15, 0.2) is 42.0 Å². The van der Waals surface area contributed by atoms with Crippen molar-refractivity contribution in [3.05, 3.63) is 67.8 Å². The summed E-state index contributed by atoms with van der Waals surface area (Å²) in [7, 11) is 1.24. The molecule has 2 unspecified atom stereocenters. The van der Waals surface area contributed by atoms with E-state index in [2.05, 4.69) is 9.68 Å². The van der Waals surface area contributed by atoms with Gasteiger partial charge in [0.05, 0.1) is 38.6 Å². The number of carbonyl (C=O) groups excluding carboxylic acids is 5. The molecule has 0 radical (unpaired) electrons. The first-order valence-electron chi connectivity index (χ1n) is 19.1. The fraction of sp³-hybridized carbons (Fsp3) is 0.615. The summed E-state index contributed by atoms with van der Waals surface area (Å²) in [5.41, 5.74) is -6.51. The average molecular weight is 835 g/mol. The standard InChI is InChI=1S/C39H47FN2O17/c1-23-18-28-27-11-10-25-20-26(43)13-14-36(25,2)38(27,40)31(44)21-37(28,3)39(23,59-33(46)8-7-17-57-42(51)52)32(45)22-55-35(48)58-29-12-9-24(19-30(29)53-4)34(47)54-15-5-6-16-56-41(49)50/h9,12-14,19-20,23,27-28,31,44H,5-8,10-11,15-18,21-22H2,1-4H3/t23-,27?,28?,31+,36+,37+,38+,39+/m1/s1. The summed E-state index contributed by atoms with van der Waals surface area (Å²) in [4.78, 5) is 95.3. The Kier molecular flexibility index (Phi) is 13.3. The highest BCUT2D eigenvalue weighted by Gasteiger charge is 2.77. The average Bonchev–Trinajstić information content (AvgIpc) is 3.39. The van der Waals surface area contributed by atoms with Crippen LogP contribution in [0.3, 0.4) is 0 Å². The predicted octanol–water partition coefficient (Wildman–Crippen LogP) is 4.81. The summed E-state index contributed by atoms with van der Waals surface area (Å²) < 4.78 is 44.9. The molecular formula is C39H47FN2O17. The Balaban J connectivity index is 1.34. The van der Waals surface area contributed by atoms with Crippen LogP contribution in [0.25, 0.3) is 0 Å². The van der Waals surface area contributed by atoms with Crippen molar-refractivity contribution in [3.8, 4) is 11.5 Å². The van der Waals surface area contributed by atoms with E-state index in [1.165, 1.54) is 43.5 Å². The lowest BCUT2D eigenvalue weighted by Gasteiger charge is -2.62. The molecule has 1 aromatic rings. The van der Waals surface area contributed by atoms with Gasteiger partial charge in [0.25, 0.3) is 10.2 Å². The summed E-state index contributed by atoms with van der Waals surface area (Å²) in [5, 5.41) is 30.8. The number of unbranched alkanes of at least 4 members (excludes halogenated alkanes) is 1. The Morgan fingerprint density at radius 3 is 2.32 bits per heavy atom. The number of alkyl halides is 1. The Bertz CT molecular complexity index is 1920. The summed E-state index contributed by atoms with van der Waals surface area (Å²) in [5.74, 6) is -5.43. The van der Waals surface area contributed by atoms with Crippen molar-refractivity contribution in [2.45, 2.75) is 89.5 Å². The van der Waals surface area contributed by atoms with Gasteiger partial charge in [0, 0.05) is 29.1 Å². The molecule has 4 aliphatic carbocycles.